The van der Waals surface area contributed by atoms with Gasteiger partial charge in [-0.3, -0.25) is 15.0 Å². The van der Waals surface area contributed by atoms with E-state index in [-0.39, 0.29) is 12.0 Å². The average Bonchev–Trinajstić information content (AvgIpc) is 2.90. The minimum absolute atomic E-state index is 0.221. The highest BCUT2D eigenvalue weighted by Gasteiger charge is 2.37. The first-order valence-corrected chi connectivity index (χ1v) is 7.82. The Morgan fingerprint density at radius 2 is 1.69 bits per heavy atom. The van der Waals surface area contributed by atoms with E-state index in [1.165, 1.54) is 12.1 Å². The highest BCUT2D eigenvalue weighted by Crippen LogP contribution is 2.36. The van der Waals surface area contributed by atoms with Crippen molar-refractivity contribution >= 4 is 11.8 Å². The van der Waals surface area contributed by atoms with Crippen molar-refractivity contribution in [3.63, 3.8) is 0 Å². The summed E-state index contributed by atoms with van der Waals surface area (Å²) >= 11 is 0. The maximum Gasteiger partial charge on any atom is 0.416 e. The van der Waals surface area contributed by atoms with E-state index in [9.17, 15) is 22.8 Å². The number of nitrogens with one attached hydrogen (secondary N) is 1. The lowest BCUT2D eigenvalue weighted by Gasteiger charge is -2.25. The first kappa shape index (κ1) is 17.7. The Balaban J connectivity index is 1.84. The summed E-state index contributed by atoms with van der Waals surface area (Å²) in [6.45, 7) is 3.68. The molecule has 2 aromatic carbocycles. The summed E-state index contributed by atoms with van der Waals surface area (Å²) in [5.74, 6) is -0.940. The van der Waals surface area contributed by atoms with Gasteiger partial charge in [0.25, 0.3) is 11.8 Å². The number of benzene rings is 2. The Hall–Kier alpha value is -3.09. The fraction of sp³-hybridized carbons (Fsp3) is 0.158. The molecule has 1 N–H and O–H groups in total. The van der Waals surface area contributed by atoms with Gasteiger partial charge in [-0.15, -0.1) is 0 Å². The van der Waals surface area contributed by atoms with Crippen LogP contribution in [0.3, 0.4) is 0 Å². The molecule has 0 aliphatic carbocycles. The van der Waals surface area contributed by atoms with Gasteiger partial charge in [0.2, 0.25) is 0 Å². The second-order valence-corrected chi connectivity index (χ2v) is 5.93. The molecule has 0 spiro atoms. The van der Waals surface area contributed by atoms with Crippen LogP contribution in [0.5, 0.6) is 0 Å². The van der Waals surface area contributed by atoms with Crippen molar-refractivity contribution in [2.24, 2.45) is 0 Å². The third-order valence-corrected chi connectivity index (χ3v) is 4.15. The fourth-order valence-electron chi connectivity index (χ4n) is 2.78. The SMILES string of the molecule is C=C1CC(c2ccc(C(F)(F)F)cc2)N(NC(=O)c2ccccc2)C1=O. The number of rotatable bonds is 3. The molecule has 1 heterocycles. The molecule has 1 aliphatic rings. The van der Waals surface area contributed by atoms with Gasteiger partial charge in [0.1, 0.15) is 0 Å². The van der Waals surface area contributed by atoms with Crippen molar-refractivity contribution < 1.29 is 22.8 Å². The molecule has 0 saturated carbocycles. The Morgan fingerprint density at radius 1 is 1.08 bits per heavy atom. The van der Waals surface area contributed by atoms with Crippen LogP contribution in [0.4, 0.5) is 13.2 Å². The Bertz CT molecular complexity index is 845. The normalized spacial score (nSPS) is 17.5. The van der Waals surface area contributed by atoms with Crippen LogP contribution in [0.25, 0.3) is 0 Å². The monoisotopic (exact) mass is 360 g/mol. The summed E-state index contributed by atoms with van der Waals surface area (Å²) in [5, 5.41) is 1.13. The molecular formula is C19H15F3N2O2. The van der Waals surface area contributed by atoms with Crippen LogP contribution in [0.1, 0.15) is 33.9 Å². The van der Waals surface area contributed by atoms with Crippen LogP contribution in [0, 0.1) is 0 Å². The van der Waals surface area contributed by atoms with E-state index in [2.05, 4.69) is 12.0 Å². The number of hydrazine groups is 1. The van der Waals surface area contributed by atoms with Gasteiger partial charge in [-0.25, -0.2) is 5.01 Å². The predicted octanol–water partition coefficient (Wildman–Crippen LogP) is 3.88. The lowest BCUT2D eigenvalue weighted by molar-refractivity contribution is -0.137. The maximum absolute atomic E-state index is 12.7. The first-order chi connectivity index (χ1) is 12.3. The van der Waals surface area contributed by atoms with Gasteiger partial charge in [0, 0.05) is 17.6 Å². The fourth-order valence-corrected chi connectivity index (χ4v) is 2.78. The molecule has 0 radical (unpaired) electrons. The smallest absolute Gasteiger partial charge is 0.268 e. The van der Waals surface area contributed by atoms with E-state index in [4.69, 9.17) is 0 Å². The molecule has 2 aromatic rings. The van der Waals surface area contributed by atoms with Gasteiger partial charge in [0.05, 0.1) is 11.6 Å². The summed E-state index contributed by atoms with van der Waals surface area (Å²) in [4.78, 5) is 24.6. The number of amides is 2. The third kappa shape index (κ3) is 3.46. The molecule has 0 aromatic heterocycles. The summed E-state index contributed by atoms with van der Waals surface area (Å²) < 4.78 is 38.2. The molecule has 26 heavy (non-hydrogen) atoms. The minimum atomic E-state index is -4.44. The van der Waals surface area contributed by atoms with Crippen molar-refractivity contribution in [3.05, 3.63) is 83.4 Å². The van der Waals surface area contributed by atoms with Crippen molar-refractivity contribution in [2.45, 2.75) is 18.6 Å². The van der Waals surface area contributed by atoms with Crippen molar-refractivity contribution in [3.8, 4) is 0 Å². The highest BCUT2D eigenvalue weighted by molar-refractivity contribution is 6.00. The van der Waals surface area contributed by atoms with Gasteiger partial charge in [-0.2, -0.15) is 13.2 Å². The van der Waals surface area contributed by atoms with Crippen LogP contribution >= 0.6 is 0 Å². The standard InChI is InChI=1S/C19H15F3N2O2/c1-12-11-16(13-7-9-15(10-8-13)19(20,21)22)24(18(12)26)23-17(25)14-5-3-2-4-6-14/h2-10,16H,1,11H2,(H,23,25). The Morgan fingerprint density at radius 3 is 2.27 bits per heavy atom. The van der Waals surface area contributed by atoms with E-state index < -0.39 is 29.6 Å². The summed E-state index contributed by atoms with van der Waals surface area (Å²) in [6, 6.07) is 12.2. The molecule has 1 atom stereocenters. The number of nitrogens with zero attached hydrogens (tertiary/aromatic N) is 1. The van der Waals surface area contributed by atoms with E-state index in [1.54, 1.807) is 30.3 Å². The van der Waals surface area contributed by atoms with Crippen LogP contribution < -0.4 is 5.43 Å². The largest absolute Gasteiger partial charge is 0.416 e. The summed E-state index contributed by atoms with van der Waals surface area (Å²) in [6.07, 6.45) is -4.21. The van der Waals surface area contributed by atoms with E-state index in [0.29, 0.717) is 11.1 Å². The maximum atomic E-state index is 12.7. The number of halogens is 3. The number of hydrogen-bond donors (Lipinski definition) is 1. The molecule has 1 aliphatic heterocycles. The quantitative estimate of drug-likeness (QED) is 0.845. The number of alkyl halides is 3. The zero-order valence-electron chi connectivity index (χ0n) is 13.6. The Kier molecular flexibility index (Phi) is 4.54. The minimum Gasteiger partial charge on any atom is -0.268 e. The molecule has 2 amide bonds. The van der Waals surface area contributed by atoms with Crippen molar-refractivity contribution in [1.82, 2.24) is 10.4 Å². The summed E-state index contributed by atoms with van der Waals surface area (Å²) in [7, 11) is 0. The topological polar surface area (TPSA) is 49.4 Å². The number of hydrogen-bond acceptors (Lipinski definition) is 2. The molecule has 1 fully saturated rings. The average molecular weight is 360 g/mol. The molecule has 7 heteroatoms. The molecule has 1 saturated heterocycles. The van der Waals surface area contributed by atoms with Crippen LogP contribution in [-0.4, -0.2) is 16.8 Å². The lowest BCUT2D eigenvalue weighted by atomic mass is 10.0. The second-order valence-electron chi connectivity index (χ2n) is 5.93. The van der Waals surface area contributed by atoms with Gasteiger partial charge < -0.3 is 0 Å². The molecule has 1 unspecified atom stereocenters. The van der Waals surface area contributed by atoms with Gasteiger partial charge >= 0.3 is 6.18 Å². The molecule has 4 nitrogen and oxygen atoms in total. The predicted molar refractivity (Wildman–Crippen MR) is 88.7 cm³/mol. The molecule has 3 rings (SSSR count). The second kappa shape index (κ2) is 6.67. The van der Waals surface area contributed by atoms with Crippen LogP contribution in [0.15, 0.2) is 66.7 Å². The van der Waals surface area contributed by atoms with Crippen molar-refractivity contribution in [2.75, 3.05) is 0 Å². The van der Waals surface area contributed by atoms with Crippen LogP contribution in [0.2, 0.25) is 0 Å². The lowest BCUT2D eigenvalue weighted by Crippen LogP contribution is -2.44. The number of carbonyl (C=O) groups is 2. The van der Waals surface area contributed by atoms with Crippen molar-refractivity contribution in [1.29, 1.82) is 0 Å². The Labute approximate surface area is 147 Å². The zero-order chi connectivity index (χ0) is 18.9. The zero-order valence-corrected chi connectivity index (χ0v) is 13.6. The van der Waals surface area contributed by atoms with E-state index >= 15 is 0 Å². The summed E-state index contributed by atoms with van der Waals surface area (Å²) in [5.41, 5.74) is 2.89. The van der Waals surface area contributed by atoms with Gasteiger partial charge in [-0.05, 0) is 29.8 Å². The van der Waals surface area contributed by atoms with Crippen LogP contribution in [-0.2, 0) is 11.0 Å². The molecule has 134 valence electrons. The van der Waals surface area contributed by atoms with Gasteiger partial charge in [0.15, 0.2) is 0 Å². The highest BCUT2D eigenvalue weighted by atomic mass is 19.4. The van der Waals surface area contributed by atoms with Gasteiger partial charge in [-0.1, -0.05) is 36.9 Å². The molecular weight excluding hydrogens is 345 g/mol. The molecule has 0 bridgehead atoms. The van der Waals surface area contributed by atoms with E-state index in [1.807, 2.05) is 0 Å². The number of carbonyl (C=O) groups excluding carboxylic acids is 2. The van der Waals surface area contributed by atoms with E-state index in [0.717, 1.165) is 17.1 Å². The first-order valence-electron chi connectivity index (χ1n) is 7.82. The third-order valence-electron chi connectivity index (χ3n) is 4.15.